The number of hydrogen-bond acceptors (Lipinski definition) is 1. The molecule has 0 spiro atoms. The second-order valence-electron chi connectivity index (χ2n) is 4.82. The molecule has 0 heterocycles. The number of rotatable bonds is 4. The lowest BCUT2D eigenvalue weighted by molar-refractivity contribution is 0.348. The fourth-order valence-corrected chi connectivity index (χ4v) is 2.52. The maximum Gasteiger partial charge on any atom is 0.0782 e. The molecule has 0 saturated carbocycles. The molecule has 0 saturated heterocycles. The monoisotopic (exact) mass is 313 g/mol. The Labute approximate surface area is 122 Å². The first-order chi connectivity index (χ1) is 7.78. The van der Waals surface area contributed by atoms with E-state index in [0.717, 1.165) is 18.4 Å². The van der Waals surface area contributed by atoms with Crippen LogP contribution in [0.4, 0.5) is 0 Å². The third-order valence-corrected chi connectivity index (χ3v) is 4.45. The molecular weight excluding hydrogens is 300 g/mol. The zero-order valence-corrected chi connectivity index (χ0v) is 12.8. The van der Waals surface area contributed by atoms with Gasteiger partial charge in [-0.15, -0.1) is 0 Å². The minimum atomic E-state index is 0.0543. The average molecular weight is 315 g/mol. The van der Waals surface area contributed by atoms with Gasteiger partial charge >= 0.3 is 0 Å². The van der Waals surface area contributed by atoms with Crippen LogP contribution in [0.25, 0.3) is 0 Å². The molecule has 1 nitrogen and oxygen atoms in total. The Bertz CT molecular complexity index is 415. The summed E-state index contributed by atoms with van der Waals surface area (Å²) in [4.78, 5) is 0. The molecule has 1 aromatic carbocycles. The SMILES string of the molecule is CC(C)(CN)CCc1c(Cl)cc(Cl)c(Cl)c1Cl. The Morgan fingerprint density at radius 2 is 1.65 bits per heavy atom. The second-order valence-corrected chi connectivity index (χ2v) is 6.39. The van der Waals surface area contributed by atoms with Crippen molar-refractivity contribution in [3.05, 3.63) is 31.7 Å². The summed E-state index contributed by atoms with van der Waals surface area (Å²) in [5, 5.41) is 1.73. The summed E-state index contributed by atoms with van der Waals surface area (Å²) in [6.45, 7) is 4.82. The fourth-order valence-electron chi connectivity index (χ4n) is 1.40. The Balaban J connectivity index is 2.96. The van der Waals surface area contributed by atoms with E-state index in [4.69, 9.17) is 52.1 Å². The number of nitrogens with two attached hydrogens (primary N) is 1. The molecular formula is C12H15Cl4N. The van der Waals surface area contributed by atoms with Crippen LogP contribution in [-0.2, 0) is 6.42 Å². The Morgan fingerprint density at radius 1 is 1.06 bits per heavy atom. The Kier molecular flexibility index (Phi) is 5.42. The van der Waals surface area contributed by atoms with Crippen molar-refractivity contribution in [1.82, 2.24) is 0 Å². The van der Waals surface area contributed by atoms with E-state index in [9.17, 15) is 0 Å². The molecule has 2 N–H and O–H groups in total. The van der Waals surface area contributed by atoms with Gasteiger partial charge in [0.2, 0.25) is 0 Å². The highest BCUT2D eigenvalue weighted by atomic mass is 35.5. The average Bonchev–Trinajstić information content (AvgIpc) is 2.26. The topological polar surface area (TPSA) is 26.0 Å². The van der Waals surface area contributed by atoms with Gasteiger partial charge in [0.1, 0.15) is 0 Å². The van der Waals surface area contributed by atoms with Crippen molar-refractivity contribution in [2.24, 2.45) is 11.1 Å². The second kappa shape index (κ2) is 5.99. The summed E-state index contributed by atoms with van der Waals surface area (Å²) < 4.78 is 0. The van der Waals surface area contributed by atoms with Crippen LogP contribution in [0.3, 0.4) is 0 Å². The van der Waals surface area contributed by atoms with Gasteiger partial charge in [0.15, 0.2) is 0 Å². The molecule has 0 bridgehead atoms. The molecule has 0 aromatic heterocycles. The first kappa shape index (κ1) is 15.4. The van der Waals surface area contributed by atoms with Crippen molar-refractivity contribution < 1.29 is 0 Å². The van der Waals surface area contributed by atoms with Crippen molar-refractivity contribution in [3.63, 3.8) is 0 Å². The van der Waals surface area contributed by atoms with Crippen molar-refractivity contribution in [3.8, 4) is 0 Å². The smallest absolute Gasteiger partial charge is 0.0782 e. The number of hydrogen-bond donors (Lipinski definition) is 1. The maximum absolute atomic E-state index is 6.14. The van der Waals surface area contributed by atoms with Crippen molar-refractivity contribution in [1.29, 1.82) is 0 Å². The van der Waals surface area contributed by atoms with E-state index in [1.165, 1.54) is 0 Å². The molecule has 0 fully saturated rings. The summed E-state index contributed by atoms with van der Waals surface area (Å²) in [7, 11) is 0. The zero-order chi connectivity index (χ0) is 13.2. The van der Waals surface area contributed by atoms with Gasteiger partial charge in [-0.2, -0.15) is 0 Å². The summed E-state index contributed by atoms with van der Waals surface area (Å²) in [5.41, 5.74) is 6.58. The summed E-state index contributed by atoms with van der Waals surface area (Å²) in [6.07, 6.45) is 1.62. The third-order valence-electron chi connectivity index (χ3n) is 2.81. The van der Waals surface area contributed by atoms with Crippen LogP contribution < -0.4 is 5.73 Å². The highest BCUT2D eigenvalue weighted by molar-refractivity contribution is 6.49. The van der Waals surface area contributed by atoms with Gasteiger partial charge in [0.05, 0.1) is 15.1 Å². The van der Waals surface area contributed by atoms with E-state index in [-0.39, 0.29) is 5.41 Å². The number of halogens is 4. The highest BCUT2D eigenvalue weighted by Gasteiger charge is 2.19. The molecule has 5 heteroatoms. The van der Waals surface area contributed by atoms with Crippen LogP contribution >= 0.6 is 46.4 Å². The normalized spacial score (nSPS) is 11.9. The first-order valence-electron chi connectivity index (χ1n) is 5.30. The minimum Gasteiger partial charge on any atom is -0.330 e. The van der Waals surface area contributed by atoms with E-state index in [2.05, 4.69) is 13.8 Å². The van der Waals surface area contributed by atoms with Gasteiger partial charge < -0.3 is 5.73 Å². The fraction of sp³-hybridized carbons (Fsp3) is 0.500. The molecule has 0 unspecified atom stereocenters. The lowest BCUT2D eigenvalue weighted by Gasteiger charge is -2.22. The quantitative estimate of drug-likeness (QED) is 0.598. The van der Waals surface area contributed by atoms with E-state index in [1.54, 1.807) is 6.07 Å². The van der Waals surface area contributed by atoms with Crippen LogP contribution in [-0.4, -0.2) is 6.54 Å². The van der Waals surface area contributed by atoms with Crippen LogP contribution in [0, 0.1) is 5.41 Å². The predicted octanol–water partition coefficient (Wildman–Crippen LogP) is 5.22. The van der Waals surface area contributed by atoms with Crippen molar-refractivity contribution >= 4 is 46.4 Å². The maximum atomic E-state index is 6.14. The largest absolute Gasteiger partial charge is 0.330 e. The van der Waals surface area contributed by atoms with Gasteiger partial charge in [0.25, 0.3) is 0 Å². The lowest BCUT2D eigenvalue weighted by atomic mass is 9.86. The van der Waals surface area contributed by atoms with Gasteiger partial charge in [-0.3, -0.25) is 0 Å². The molecule has 1 aromatic rings. The van der Waals surface area contributed by atoms with Gasteiger partial charge in [-0.1, -0.05) is 60.3 Å². The summed E-state index contributed by atoms with van der Waals surface area (Å²) >= 11 is 24.1. The standard InChI is InChI=1S/C12H15Cl4N/c1-12(2,6-17)4-3-7-8(13)5-9(14)11(16)10(7)15/h5H,3-4,6,17H2,1-2H3. The predicted molar refractivity (Wildman–Crippen MR) is 77.6 cm³/mol. The molecule has 1 rings (SSSR count). The third kappa shape index (κ3) is 3.90. The van der Waals surface area contributed by atoms with E-state index >= 15 is 0 Å². The molecule has 0 amide bonds. The first-order valence-corrected chi connectivity index (χ1v) is 6.81. The van der Waals surface area contributed by atoms with Crippen LogP contribution in [0.2, 0.25) is 20.1 Å². The van der Waals surface area contributed by atoms with E-state index < -0.39 is 0 Å². The Morgan fingerprint density at radius 3 is 2.18 bits per heavy atom. The van der Waals surface area contributed by atoms with Crippen LogP contribution in [0.1, 0.15) is 25.8 Å². The minimum absolute atomic E-state index is 0.0543. The van der Waals surface area contributed by atoms with Crippen LogP contribution in [0.5, 0.6) is 0 Å². The molecule has 0 atom stereocenters. The van der Waals surface area contributed by atoms with Crippen LogP contribution in [0.15, 0.2) is 6.07 Å². The molecule has 96 valence electrons. The van der Waals surface area contributed by atoms with E-state index in [0.29, 0.717) is 26.6 Å². The van der Waals surface area contributed by atoms with E-state index in [1.807, 2.05) is 0 Å². The van der Waals surface area contributed by atoms with Gasteiger partial charge in [0, 0.05) is 5.02 Å². The van der Waals surface area contributed by atoms with Crippen molar-refractivity contribution in [2.75, 3.05) is 6.54 Å². The van der Waals surface area contributed by atoms with Gasteiger partial charge in [-0.05, 0) is 36.4 Å². The molecule has 17 heavy (non-hydrogen) atoms. The number of benzene rings is 1. The highest BCUT2D eigenvalue weighted by Crippen LogP contribution is 2.39. The Hall–Kier alpha value is 0.340. The zero-order valence-electron chi connectivity index (χ0n) is 9.79. The molecule has 0 aliphatic heterocycles. The van der Waals surface area contributed by atoms with Gasteiger partial charge in [-0.25, -0.2) is 0 Å². The van der Waals surface area contributed by atoms with Crippen molar-refractivity contribution in [2.45, 2.75) is 26.7 Å². The summed E-state index contributed by atoms with van der Waals surface area (Å²) in [6, 6.07) is 1.63. The molecule has 0 radical (unpaired) electrons. The molecule has 0 aliphatic rings. The summed E-state index contributed by atoms with van der Waals surface area (Å²) in [5.74, 6) is 0. The lowest BCUT2D eigenvalue weighted by Crippen LogP contribution is -2.24. The molecule has 0 aliphatic carbocycles.